The van der Waals surface area contributed by atoms with Crippen molar-refractivity contribution in [2.45, 2.75) is 75.5 Å². The van der Waals surface area contributed by atoms with Crippen molar-refractivity contribution in [2.24, 2.45) is 0 Å². The Morgan fingerprint density at radius 3 is 2.55 bits per heavy atom. The van der Waals surface area contributed by atoms with E-state index >= 15 is 0 Å². The van der Waals surface area contributed by atoms with Crippen LogP contribution in [-0.2, 0) is 4.79 Å². The van der Waals surface area contributed by atoms with Crippen molar-refractivity contribution in [2.75, 3.05) is 19.7 Å². The van der Waals surface area contributed by atoms with E-state index in [4.69, 9.17) is 21.3 Å². The largest absolute Gasteiger partial charge is 0.483 e. The van der Waals surface area contributed by atoms with Gasteiger partial charge in [-0.1, -0.05) is 30.9 Å². The van der Waals surface area contributed by atoms with E-state index in [2.05, 4.69) is 10.2 Å². The molecule has 0 bridgehead atoms. The van der Waals surface area contributed by atoms with Crippen LogP contribution in [0.15, 0.2) is 18.2 Å². The van der Waals surface area contributed by atoms with Crippen LogP contribution in [0.4, 0.5) is 0 Å². The average molecular weight is 443 g/mol. The first-order chi connectivity index (χ1) is 15.2. The van der Waals surface area contributed by atoms with Crippen LogP contribution >= 0.6 is 11.6 Å². The number of aromatic nitrogens is 3. The van der Waals surface area contributed by atoms with Crippen molar-refractivity contribution >= 4 is 17.5 Å². The molecule has 2 heterocycles. The minimum atomic E-state index is 0.0548. The lowest BCUT2D eigenvalue weighted by Gasteiger charge is -2.31. The summed E-state index contributed by atoms with van der Waals surface area (Å²) in [5.41, 5.74) is 1.16. The molecule has 5 rings (SSSR count). The van der Waals surface area contributed by atoms with Gasteiger partial charge in [0.05, 0.1) is 0 Å². The van der Waals surface area contributed by atoms with Gasteiger partial charge in [0.25, 0.3) is 5.91 Å². The number of hydrogen-bond acceptors (Lipinski definition) is 4. The molecule has 0 unspecified atom stereocenters. The van der Waals surface area contributed by atoms with Gasteiger partial charge in [0, 0.05) is 29.9 Å². The predicted octanol–water partition coefficient (Wildman–Crippen LogP) is 5.17. The molecule has 166 valence electrons. The second-order valence-corrected chi connectivity index (χ2v) is 9.75. The molecule has 1 aromatic heterocycles. The molecule has 7 heteroatoms. The van der Waals surface area contributed by atoms with E-state index in [0.29, 0.717) is 17.8 Å². The Bertz CT molecular complexity index is 912. The highest BCUT2D eigenvalue weighted by molar-refractivity contribution is 6.30. The predicted molar refractivity (Wildman–Crippen MR) is 120 cm³/mol. The highest BCUT2D eigenvalue weighted by Crippen LogP contribution is 2.40. The first-order valence-electron chi connectivity index (χ1n) is 11.8. The summed E-state index contributed by atoms with van der Waals surface area (Å²) >= 11 is 6.26. The topological polar surface area (TPSA) is 71.1 Å². The number of benzene rings is 1. The quantitative estimate of drug-likeness (QED) is 0.670. The zero-order chi connectivity index (χ0) is 21.2. The molecule has 1 N–H and O–H groups in total. The summed E-state index contributed by atoms with van der Waals surface area (Å²) in [4.78, 5) is 19.4. The van der Waals surface area contributed by atoms with Crippen molar-refractivity contribution in [3.63, 3.8) is 0 Å². The van der Waals surface area contributed by atoms with Crippen LogP contribution in [0.5, 0.6) is 5.75 Å². The number of hydrogen-bond donors (Lipinski definition) is 1. The fraction of sp³-hybridized carbons (Fsp3) is 0.625. The summed E-state index contributed by atoms with van der Waals surface area (Å²) in [6, 6.07) is 5.80. The molecule has 1 amide bonds. The maximum atomic E-state index is 12.8. The number of ether oxygens (including phenoxy) is 1. The van der Waals surface area contributed by atoms with Crippen molar-refractivity contribution in [1.82, 2.24) is 20.1 Å². The number of nitrogens with zero attached hydrogens (tertiary/aromatic N) is 3. The minimum Gasteiger partial charge on any atom is -0.483 e. The fourth-order valence-corrected chi connectivity index (χ4v) is 5.19. The fourth-order valence-electron chi connectivity index (χ4n) is 5.01. The van der Waals surface area contributed by atoms with E-state index in [-0.39, 0.29) is 12.5 Å². The number of nitrogens with one attached hydrogen (secondary N) is 1. The molecule has 6 nitrogen and oxygen atoms in total. The molecule has 2 aliphatic carbocycles. The Hall–Kier alpha value is -2.08. The van der Waals surface area contributed by atoms with Gasteiger partial charge in [-0.15, -0.1) is 0 Å². The van der Waals surface area contributed by atoms with Crippen LogP contribution in [0.3, 0.4) is 0 Å². The number of amides is 1. The lowest BCUT2D eigenvalue weighted by Crippen LogP contribution is -2.40. The summed E-state index contributed by atoms with van der Waals surface area (Å²) in [6.07, 6.45) is 10.4. The Morgan fingerprint density at radius 1 is 1.03 bits per heavy atom. The average Bonchev–Trinajstić information content (AvgIpc) is 3.55. The van der Waals surface area contributed by atoms with Gasteiger partial charge in [0.15, 0.2) is 12.4 Å². The second kappa shape index (κ2) is 9.19. The van der Waals surface area contributed by atoms with Crippen molar-refractivity contribution in [3.05, 3.63) is 40.4 Å². The van der Waals surface area contributed by atoms with Gasteiger partial charge in [0.2, 0.25) is 0 Å². The normalized spacial score (nSPS) is 20.7. The van der Waals surface area contributed by atoms with Gasteiger partial charge in [-0.05, 0) is 68.2 Å². The van der Waals surface area contributed by atoms with Crippen LogP contribution < -0.4 is 4.74 Å². The SMILES string of the molecule is O=C(COc1ccc(Cl)cc1C1CCCCC1)N1CCC(c2nc(C3CC3)n[nH]2)CC1. The number of H-pyrrole nitrogens is 1. The summed E-state index contributed by atoms with van der Waals surface area (Å²) < 4.78 is 6.03. The lowest BCUT2D eigenvalue weighted by atomic mass is 9.84. The van der Waals surface area contributed by atoms with E-state index in [1.54, 1.807) is 0 Å². The number of aromatic amines is 1. The summed E-state index contributed by atoms with van der Waals surface area (Å²) in [6.45, 7) is 1.56. The molecule has 1 aromatic carbocycles. The van der Waals surface area contributed by atoms with Crippen LogP contribution in [0.1, 0.15) is 92.8 Å². The van der Waals surface area contributed by atoms with E-state index in [0.717, 1.165) is 53.9 Å². The van der Waals surface area contributed by atoms with Gasteiger partial charge in [0.1, 0.15) is 11.6 Å². The number of piperidine rings is 1. The Balaban J connectivity index is 1.15. The monoisotopic (exact) mass is 442 g/mol. The first-order valence-corrected chi connectivity index (χ1v) is 12.2. The van der Waals surface area contributed by atoms with Crippen LogP contribution in [0.25, 0.3) is 0 Å². The Labute approximate surface area is 188 Å². The number of halogens is 1. The molecule has 31 heavy (non-hydrogen) atoms. The maximum absolute atomic E-state index is 12.8. The van der Waals surface area contributed by atoms with E-state index < -0.39 is 0 Å². The Kier molecular flexibility index (Phi) is 6.17. The number of likely N-dealkylation sites (tertiary alicyclic amines) is 1. The minimum absolute atomic E-state index is 0.0548. The third kappa shape index (κ3) is 4.89. The molecule has 3 aliphatic rings. The van der Waals surface area contributed by atoms with Crippen molar-refractivity contribution in [3.8, 4) is 5.75 Å². The highest BCUT2D eigenvalue weighted by atomic mass is 35.5. The molecule has 1 aliphatic heterocycles. The molecule has 2 saturated carbocycles. The zero-order valence-electron chi connectivity index (χ0n) is 18.0. The number of carbonyl (C=O) groups excluding carboxylic acids is 1. The van der Waals surface area contributed by atoms with Gasteiger partial charge in [-0.25, -0.2) is 4.98 Å². The van der Waals surface area contributed by atoms with Gasteiger partial charge in [-0.2, -0.15) is 5.10 Å². The van der Waals surface area contributed by atoms with Crippen LogP contribution in [0.2, 0.25) is 5.02 Å². The van der Waals surface area contributed by atoms with Gasteiger partial charge < -0.3 is 9.64 Å². The van der Waals surface area contributed by atoms with Crippen LogP contribution in [-0.4, -0.2) is 45.7 Å². The molecule has 0 atom stereocenters. The second-order valence-electron chi connectivity index (χ2n) is 9.31. The highest BCUT2D eigenvalue weighted by Gasteiger charge is 2.31. The molecular weight excluding hydrogens is 412 g/mol. The zero-order valence-corrected chi connectivity index (χ0v) is 18.7. The van der Waals surface area contributed by atoms with Gasteiger partial charge >= 0.3 is 0 Å². The molecule has 0 spiro atoms. The third-order valence-corrected chi connectivity index (χ3v) is 7.30. The summed E-state index contributed by atoms with van der Waals surface area (Å²) in [7, 11) is 0. The molecule has 1 saturated heterocycles. The first kappa shape index (κ1) is 20.8. The summed E-state index contributed by atoms with van der Waals surface area (Å²) in [5.74, 6) is 4.24. The van der Waals surface area contributed by atoms with Gasteiger partial charge in [-0.3, -0.25) is 9.89 Å². The molecule has 3 fully saturated rings. The van der Waals surface area contributed by atoms with E-state index in [1.807, 2.05) is 23.1 Å². The molecule has 2 aromatic rings. The third-order valence-electron chi connectivity index (χ3n) is 7.06. The number of carbonyl (C=O) groups is 1. The molecule has 0 radical (unpaired) electrons. The Morgan fingerprint density at radius 2 is 1.81 bits per heavy atom. The molecular formula is C24H31ClN4O2. The van der Waals surface area contributed by atoms with E-state index in [9.17, 15) is 4.79 Å². The lowest BCUT2D eigenvalue weighted by molar-refractivity contribution is -0.134. The summed E-state index contributed by atoms with van der Waals surface area (Å²) in [5, 5.41) is 8.24. The standard InChI is InChI=1S/C24H31ClN4O2/c25-19-8-9-21(20(14-19)16-4-2-1-3-5-16)31-15-22(30)29-12-10-18(11-13-29)24-26-23(27-28-24)17-6-7-17/h8-9,14,16-18H,1-7,10-13,15H2,(H,26,27,28). The van der Waals surface area contributed by atoms with Crippen molar-refractivity contribution in [1.29, 1.82) is 0 Å². The van der Waals surface area contributed by atoms with Crippen LogP contribution in [0, 0.1) is 0 Å². The van der Waals surface area contributed by atoms with Crippen molar-refractivity contribution < 1.29 is 9.53 Å². The smallest absolute Gasteiger partial charge is 0.260 e. The number of rotatable bonds is 6. The maximum Gasteiger partial charge on any atom is 0.260 e. The van der Waals surface area contributed by atoms with E-state index in [1.165, 1.54) is 44.9 Å².